The van der Waals surface area contributed by atoms with Crippen LogP contribution in [0.4, 0.5) is 5.69 Å². The minimum atomic E-state index is -0.339. The Morgan fingerprint density at radius 3 is 2.79 bits per heavy atom. The Hall–Kier alpha value is -1.60. The first-order valence-corrected chi connectivity index (χ1v) is 7.10. The molecule has 5 nitrogen and oxygen atoms in total. The summed E-state index contributed by atoms with van der Waals surface area (Å²) in [5.74, 6) is -0.594. The van der Waals surface area contributed by atoms with Gasteiger partial charge >= 0.3 is 0 Å². The molecule has 0 bridgehead atoms. The average Bonchev–Trinajstić information content (AvgIpc) is 2.74. The molecule has 0 aliphatic rings. The number of benzene rings is 1. The van der Waals surface area contributed by atoms with Gasteiger partial charge in [-0.1, -0.05) is 22.0 Å². The zero-order valence-electron chi connectivity index (χ0n) is 10.1. The second-order valence-corrected chi connectivity index (χ2v) is 5.72. The number of thiophene rings is 1. The van der Waals surface area contributed by atoms with Gasteiger partial charge in [0.2, 0.25) is 5.91 Å². The van der Waals surface area contributed by atoms with Gasteiger partial charge in [0.25, 0.3) is 5.91 Å². The number of amides is 2. The van der Waals surface area contributed by atoms with Gasteiger partial charge in [-0.25, -0.2) is 0 Å². The Morgan fingerprint density at radius 2 is 2.16 bits per heavy atom. The lowest BCUT2D eigenvalue weighted by Gasteiger charge is -2.03. The van der Waals surface area contributed by atoms with Gasteiger partial charge < -0.3 is 16.4 Å². The van der Waals surface area contributed by atoms with Crippen molar-refractivity contribution in [3.05, 3.63) is 27.5 Å². The zero-order valence-corrected chi connectivity index (χ0v) is 12.5. The third kappa shape index (κ3) is 2.71. The van der Waals surface area contributed by atoms with E-state index >= 15 is 0 Å². The largest absolute Gasteiger partial charge is 0.397 e. The molecule has 1 aromatic heterocycles. The molecule has 2 rings (SSSR count). The smallest absolute Gasteiger partial charge is 0.263 e. The molecule has 7 heteroatoms. The van der Waals surface area contributed by atoms with Crippen molar-refractivity contribution in [2.45, 2.75) is 0 Å². The maximum atomic E-state index is 12.0. The van der Waals surface area contributed by atoms with Crippen molar-refractivity contribution >= 4 is 54.9 Å². The Labute approximate surface area is 122 Å². The van der Waals surface area contributed by atoms with Crippen LogP contribution in [0, 0.1) is 0 Å². The van der Waals surface area contributed by atoms with E-state index in [1.807, 2.05) is 18.2 Å². The molecular formula is C12H12BrN3O2S. The molecule has 100 valence electrons. The fourth-order valence-corrected chi connectivity index (χ4v) is 3.40. The van der Waals surface area contributed by atoms with E-state index in [-0.39, 0.29) is 18.4 Å². The van der Waals surface area contributed by atoms with Gasteiger partial charge in [0.15, 0.2) is 0 Å². The Balaban J connectivity index is 2.30. The summed E-state index contributed by atoms with van der Waals surface area (Å²) in [5.41, 5.74) is 6.43. The number of carbonyl (C=O) groups excluding carboxylic acids is 2. The summed E-state index contributed by atoms with van der Waals surface area (Å²) >= 11 is 4.72. The number of hydrogen-bond donors (Lipinski definition) is 3. The van der Waals surface area contributed by atoms with Crippen molar-refractivity contribution in [3.8, 4) is 0 Å². The van der Waals surface area contributed by atoms with Gasteiger partial charge in [-0.15, -0.1) is 11.3 Å². The minimum Gasteiger partial charge on any atom is -0.397 e. The third-order valence-electron chi connectivity index (χ3n) is 2.60. The second-order valence-electron chi connectivity index (χ2n) is 3.81. The number of rotatable bonds is 3. The minimum absolute atomic E-state index is 0.0653. The summed E-state index contributed by atoms with van der Waals surface area (Å²) in [7, 11) is 1.51. The summed E-state index contributed by atoms with van der Waals surface area (Å²) < 4.78 is 1.78. The number of carbonyl (C=O) groups is 2. The quantitative estimate of drug-likeness (QED) is 0.794. The molecule has 19 heavy (non-hydrogen) atoms. The van der Waals surface area contributed by atoms with Crippen LogP contribution in [-0.4, -0.2) is 25.4 Å². The number of likely N-dealkylation sites (N-methyl/N-ethyl adjacent to an activating group) is 1. The molecule has 0 radical (unpaired) electrons. The van der Waals surface area contributed by atoms with Crippen molar-refractivity contribution in [2.75, 3.05) is 19.3 Å². The highest BCUT2D eigenvalue weighted by atomic mass is 79.9. The maximum absolute atomic E-state index is 12.0. The van der Waals surface area contributed by atoms with E-state index in [1.54, 1.807) is 0 Å². The summed E-state index contributed by atoms with van der Waals surface area (Å²) in [5, 5.41) is 5.80. The standard InChI is InChI=1S/C12H12BrN3O2S/c1-15-8(17)5-16-12(18)11-10(14)9-6(13)3-2-4-7(9)19-11/h2-4H,5,14H2,1H3,(H,15,17)(H,16,18). The maximum Gasteiger partial charge on any atom is 0.263 e. The highest BCUT2D eigenvalue weighted by molar-refractivity contribution is 9.10. The van der Waals surface area contributed by atoms with E-state index in [2.05, 4.69) is 26.6 Å². The predicted octanol–water partition coefficient (Wildman–Crippen LogP) is 1.72. The van der Waals surface area contributed by atoms with Gasteiger partial charge in [0.1, 0.15) is 4.88 Å². The normalized spacial score (nSPS) is 10.4. The number of nitrogens with one attached hydrogen (secondary N) is 2. The van der Waals surface area contributed by atoms with E-state index in [0.29, 0.717) is 10.6 Å². The van der Waals surface area contributed by atoms with Gasteiger partial charge in [-0.3, -0.25) is 9.59 Å². The van der Waals surface area contributed by atoms with Crippen LogP contribution in [0.1, 0.15) is 9.67 Å². The van der Waals surface area contributed by atoms with E-state index in [9.17, 15) is 9.59 Å². The van der Waals surface area contributed by atoms with Crippen molar-refractivity contribution in [3.63, 3.8) is 0 Å². The lowest BCUT2D eigenvalue weighted by molar-refractivity contribution is -0.119. The van der Waals surface area contributed by atoms with Gasteiger partial charge in [-0.05, 0) is 12.1 Å². The fraction of sp³-hybridized carbons (Fsp3) is 0.167. The molecule has 1 aromatic carbocycles. The van der Waals surface area contributed by atoms with Crippen LogP contribution < -0.4 is 16.4 Å². The molecule has 1 heterocycles. The molecule has 0 saturated carbocycles. The monoisotopic (exact) mass is 341 g/mol. The molecular weight excluding hydrogens is 330 g/mol. The van der Waals surface area contributed by atoms with Gasteiger partial charge in [0, 0.05) is 21.6 Å². The number of nitrogens with two attached hydrogens (primary N) is 1. The van der Waals surface area contributed by atoms with Gasteiger partial charge in [-0.2, -0.15) is 0 Å². The topological polar surface area (TPSA) is 84.2 Å². The molecule has 2 amide bonds. The van der Waals surface area contributed by atoms with Crippen molar-refractivity contribution < 1.29 is 9.59 Å². The summed E-state index contributed by atoms with van der Waals surface area (Å²) in [6.07, 6.45) is 0. The first-order valence-electron chi connectivity index (χ1n) is 5.50. The van der Waals surface area contributed by atoms with E-state index in [0.717, 1.165) is 14.6 Å². The van der Waals surface area contributed by atoms with Crippen LogP contribution in [0.3, 0.4) is 0 Å². The zero-order chi connectivity index (χ0) is 14.0. The average molecular weight is 342 g/mol. The highest BCUT2D eigenvalue weighted by Crippen LogP contribution is 2.37. The summed E-state index contributed by atoms with van der Waals surface area (Å²) in [4.78, 5) is 23.5. The Kier molecular flexibility index (Phi) is 4.06. The summed E-state index contributed by atoms with van der Waals surface area (Å²) in [6.45, 7) is -0.0653. The molecule has 0 unspecified atom stereocenters. The molecule has 0 spiro atoms. The lowest BCUT2D eigenvalue weighted by atomic mass is 10.2. The van der Waals surface area contributed by atoms with Crippen molar-refractivity contribution in [2.24, 2.45) is 0 Å². The highest BCUT2D eigenvalue weighted by Gasteiger charge is 2.18. The van der Waals surface area contributed by atoms with Crippen LogP contribution in [0.5, 0.6) is 0 Å². The SMILES string of the molecule is CNC(=O)CNC(=O)c1sc2cccc(Br)c2c1N. The number of fused-ring (bicyclic) bond motifs is 1. The number of nitrogen functional groups attached to an aromatic ring is 1. The molecule has 2 aromatic rings. The number of hydrogen-bond acceptors (Lipinski definition) is 4. The van der Waals surface area contributed by atoms with E-state index < -0.39 is 0 Å². The molecule has 4 N–H and O–H groups in total. The lowest BCUT2D eigenvalue weighted by Crippen LogP contribution is -2.35. The Bertz CT molecular complexity index is 654. The van der Waals surface area contributed by atoms with Crippen molar-refractivity contribution in [1.82, 2.24) is 10.6 Å². The van der Waals surface area contributed by atoms with Crippen LogP contribution >= 0.6 is 27.3 Å². The van der Waals surface area contributed by atoms with Crippen LogP contribution in [0.25, 0.3) is 10.1 Å². The Morgan fingerprint density at radius 1 is 1.42 bits per heavy atom. The number of halogens is 1. The number of anilines is 1. The van der Waals surface area contributed by atoms with Gasteiger partial charge in [0.05, 0.1) is 12.2 Å². The first-order chi connectivity index (χ1) is 9.04. The summed E-state index contributed by atoms with van der Waals surface area (Å²) in [6, 6.07) is 5.66. The molecule has 0 aliphatic carbocycles. The fourth-order valence-electron chi connectivity index (χ4n) is 1.63. The molecule has 0 saturated heterocycles. The van der Waals surface area contributed by atoms with Crippen LogP contribution in [-0.2, 0) is 4.79 Å². The molecule has 0 aliphatic heterocycles. The van der Waals surface area contributed by atoms with E-state index in [4.69, 9.17) is 5.73 Å². The molecule has 0 fully saturated rings. The van der Waals surface area contributed by atoms with Crippen molar-refractivity contribution in [1.29, 1.82) is 0 Å². The van der Waals surface area contributed by atoms with Crippen LogP contribution in [0.2, 0.25) is 0 Å². The predicted molar refractivity (Wildman–Crippen MR) is 80.3 cm³/mol. The van der Waals surface area contributed by atoms with Crippen LogP contribution in [0.15, 0.2) is 22.7 Å². The first kappa shape index (κ1) is 13.8. The van der Waals surface area contributed by atoms with E-state index in [1.165, 1.54) is 18.4 Å². The second kappa shape index (κ2) is 5.58. The molecule has 0 atom stereocenters. The third-order valence-corrected chi connectivity index (χ3v) is 4.43.